The number of benzene rings is 1. The fourth-order valence-electron chi connectivity index (χ4n) is 9.68. The van der Waals surface area contributed by atoms with Gasteiger partial charge in [-0.2, -0.15) is 0 Å². The molecule has 14 atom stereocenters. The van der Waals surface area contributed by atoms with Crippen molar-refractivity contribution in [2.45, 2.75) is 148 Å². The molecule has 6 rings (SSSR count). The SMILES string of the molecule is CC[C@H]1OC(=O)[C@H](C)C(=O)[C@H](C)[C@@H](O[C@@H]2O[C@H](C)C[C@H](N(C)C)[C@H]2OC(=O)c2ccccc2)[C@](C)(OCC#CC[C@H]2CC(c3cccnc3)=NO2)C[C@@H](C)C(=O)[C@H](C)[C@H]2NC(=O)O[C@@]21C. The third-order valence-corrected chi connectivity index (χ3v) is 13.3. The van der Waals surface area contributed by atoms with Crippen molar-refractivity contribution in [1.29, 1.82) is 0 Å². The minimum absolute atomic E-state index is 0.0102. The molecule has 5 heterocycles. The quantitative estimate of drug-likeness (QED) is 0.132. The van der Waals surface area contributed by atoms with Crippen molar-refractivity contribution in [2.75, 3.05) is 20.7 Å². The Morgan fingerprint density at radius 2 is 1.71 bits per heavy atom. The van der Waals surface area contributed by atoms with E-state index in [0.29, 0.717) is 24.8 Å². The highest BCUT2D eigenvalue weighted by atomic mass is 16.7. The lowest BCUT2D eigenvalue weighted by Gasteiger charge is -2.48. The molecule has 16 nitrogen and oxygen atoms in total. The number of nitrogens with one attached hydrogen (secondary N) is 1. The van der Waals surface area contributed by atoms with Crippen molar-refractivity contribution < 1.29 is 57.2 Å². The highest BCUT2D eigenvalue weighted by Crippen LogP contribution is 2.41. The van der Waals surface area contributed by atoms with Crippen molar-refractivity contribution in [3.8, 4) is 11.8 Å². The molecule has 65 heavy (non-hydrogen) atoms. The van der Waals surface area contributed by atoms with Crippen LogP contribution in [0.2, 0.25) is 0 Å². The van der Waals surface area contributed by atoms with E-state index in [0.717, 1.165) is 11.3 Å². The summed E-state index contributed by atoms with van der Waals surface area (Å²) in [7, 11) is 3.75. The zero-order valence-electron chi connectivity index (χ0n) is 39.1. The van der Waals surface area contributed by atoms with Crippen LogP contribution in [0.5, 0.6) is 0 Å². The predicted octanol–water partition coefficient (Wildman–Crippen LogP) is 5.69. The molecule has 3 saturated heterocycles. The number of ketones is 2. The summed E-state index contributed by atoms with van der Waals surface area (Å²) < 4.78 is 38.3. The summed E-state index contributed by atoms with van der Waals surface area (Å²) in [5, 5.41) is 7.04. The number of esters is 2. The Kier molecular flexibility index (Phi) is 15.9. The number of Topliss-reactive ketones (excluding diaryl/α,β-unsaturated/α-hetero) is 2. The third kappa shape index (κ3) is 11.1. The average molecular weight is 901 g/mol. The molecule has 0 aliphatic carbocycles. The van der Waals surface area contributed by atoms with Gasteiger partial charge in [-0.15, -0.1) is 0 Å². The molecule has 0 radical (unpaired) electrons. The van der Waals surface area contributed by atoms with Gasteiger partial charge in [0.1, 0.15) is 30.5 Å². The van der Waals surface area contributed by atoms with Gasteiger partial charge in [0.25, 0.3) is 0 Å². The molecule has 4 aliphatic heterocycles. The molecular formula is C49H64N4O12. The van der Waals surface area contributed by atoms with Gasteiger partial charge in [-0.1, -0.05) is 62.9 Å². The topological polar surface area (TPSA) is 190 Å². The number of amides is 1. The fraction of sp³-hybridized carbons (Fsp3) is 0.612. The molecule has 2 aromatic rings. The van der Waals surface area contributed by atoms with E-state index in [4.69, 9.17) is 33.3 Å². The van der Waals surface area contributed by atoms with Crippen molar-refractivity contribution in [3.63, 3.8) is 0 Å². The van der Waals surface area contributed by atoms with Gasteiger partial charge < -0.3 is 43.5 Å². The number of likely N-dealkylation sites (N-methyl/N-ethyl adjacent to an activating group) is 1. The maximum Gasteiger partial charge on any atom is 0.408 e. The van der Waals surface area contributed by atoms with E-state index in [1.165, 1.54) is 6.92 Å². The molecule has 1 amide bonds. The van der Waals surface area contributed by atoms with E-state index in [1.807, 2.05) is 38.1 Å². The van der Waals surface area contributed by atoms with Crippen LogP contribution in [0.4, 0.5) is 4.79 Å². The van der Waals surface area contributed by atoms with Crippen LogP contribution in [0.3, 0.4) is 0 Å². The van der Waals surface area contributed by atoms with Crippen molar-refractivity contribution in [1.82, 2.24) is 15.2 Å². The van der Waals surface area contributed by atoms with E-state index < -0.39 is 89.3 Å². The number of pyridine rings is 1. The molecular weight excluding hydrogens is 837 g/mol. The zero-order valence-corrected chi connectivity index (χ0v) is 39.1. The van der Waals surface area contributed by atoms with E-state index in [-0.39, 0.29) is 43.5 Å². The summed E-state index contributed by atoms with van der Waals surface area (Å²) in [4.78, 5) is 81.8. The minimum Gasteiger partial charge on any atom is -0.458 e. The summed E-state index contributed by atoms with van der Waals surface area (Å²) in [6, 6.07) is 11.1. The number of alkyl carbamates (subject to hydrolysis) is 1. The minimum atomic E-state index is -1.48. The van der Waals surface area contributed by atoms with Crippen LogP contribution in [-0.4, -0.2) is 126 Å². The molecule has 3 fully saturated rings. The number of fused-ring (bicyclic) bond motifs is 1. The largest absolute Gasteiger partial charge is 0.458 e. The normalized spacial score (nSPS) is 35.6. The predicted molar refractivity (Wildman–Crippen MR) is 237 cm³/mol. The van der Waals surface area contributed by atoms with Gasteiger partial charge in [-0.25, -0.2) is 9.59 Å². The van der Waals surface area contributed by atoms with Gasteiger partial charge in [0.15, 0.2) is 23.8 Å². The highest BCUT2D eigenvalue weighted by molar-refractivity contribution is 6.01. The third-order valence-electron chi connectivity index (χ3n) is 13.3. The van der Waals surface area contributed by atoms with Crippen LogP contribution in [0.25, 0.3) is 0 Å². The Bertz CT molecular complexity index is 2130. The van der Waals surface area contributed by atoms with Crippen LogP contribution in [0.1, 0.15) is 103 Å². The second-order valence-electron chi connectivity index (χ2n) is 18.5. The van der Waals surface area contributed by atoms with E-state index in [9.17, 15) is 24.0 Å². The monoisotopic (exact) mass is 900 g/mol. The lowest BCUT2D eigenvalue weighted by atomic mass is 9.73. The first-order valence-electron chi connectivity index (χ1n) is 22.6. The molecule has 4 aliphatic rings. The number of carbonyl (C=O) groups excluding carboxylic acids is 5. The number of aromatic nitrogens is 1. The smallest absolute Gasteiger partial charge is 0.408 e. The molecule has 0 spiro atoms. The molecule has 0 unspecified atom stereocenters. The second-order valence-corrected chi connectivity index (χ2v) is 18.5. The van der Waals surface area contributed by atoms with Crippen LogP contribution < -0.4 is 5.32 Å². The molecule has 1 aromatic carbocycles. The Morgan fingerprint density at radius 1 is 0.969 bits per heavy atom. The number of rotatable bonds is 10. The zero-order chi connectivity index (χ0) is 47.2. The summed E-state index contributed by atoms with van der Waals surface area (Å²) in [6.45, 7) is 13.5. The number of oxime groups is 1. The highest BCUT2D eigenvalue weighted by Gasteiger charge is 2.57. The van der Waals surface area contributed by atoms with Gasteiger partial charge in [-0.3, -0.25) is 19.4 Å². The number of hydrogen-bond acceptors (Lipinski definition) is 15. The number of ether oxygens (including phenoxy) is 6. The lowest BCUT2D eigenvalue weighted by molar-refractivity contribution is -0.295. The van der Waals surface area contributed by atoms with E-state index in [1.54, 1.807) is 84.3 Å². The Morgan fingerprint density at radius 3 is 2.38 bits per heavy atom. The number of nitrogens with zero attached hydrogens (tertiary/aromatic N) is 3. The number of carbonyl (C=O) groups is 5. The van der Waals surface area contributed by atoms with Gasteiger partial charge in [-0.05, 0) is 85.3 Å². The molecule has 0 saturated carbocycles. The first kappa shape index (κ1) is 49.2. The second kappa shape index (κ2) is 21.0. The molecule has 0 bridgehead atoms. The maximum atomic E-state index is 14.8. The molecule has 352 valence electrons. The fourth-order valence-corrected chi connectivity index (χ4v) is 9.68. The van der Waals surface area contributed by atoms with Crippen LogP contribution in [0.15, 0.2) is 60.0 Å². The number of cyclic esters (lactones) is 1. The van der Waals surface area contributed by atoms with Gasteiger partial charge >= 0.3 is 18.0 Å². The Labute approximate surface area is 381 Å². The van der Waals surface area contributed by atoms with Crippen molar-refractivity contribution in [3.05, 3.63) is 66.0 Å². The summed E-state index contributed by atoms with van der Waals surface area (Å²) in [5.41, 5.74) is -0.935. The van der Waals surface area contributed by atoms with Crippen LogP contribution >= 0.6 is 0 Å². The first-order chi connectivity index (χ1) is 30.9. The van der Waals surface area contributed by atoms with Crippen molar-refractivity contribution >= 4 is 35.3 Å². The molecule has 1 N–H and O–H groups in total. The molecule has 16 heteroatoms. The lowest BCUT2D eigenvalue weighted by Crippen LogP contribution is -2.61. The number of hydrogen-bond donors (Lipinski definition) is 1. The Hall–Kier alpha value is -5.21. The summed E-state index contributed by atoms with van der Waals surface area (Å²) in [6.07, 6.45) is -0.797. The van der Waals surface area contributed by atoms with Crippen LogP contribution in [-0.2, 0) is 47.6 Å². The maximum absolute atomic E-state index is 14.8. The van der Waals surface area contributed by atoms with E-state index >= 15 is 0 Å². The molecule has 1 aromatic heterocycles. The standard InChI is InChI=1S/C49H64N4O12/c1-11-38-49(8)42(51-47(58)64-49)30(4)39(54)28(2)26-48(7,59-23-16-15-21-35-25-36(52-65-35)34-20-17-22-50-27-34)43(31(5)40(55)32(6)44(56)61-38)63-46-41(37(53(9)10)24-29(3)60-46)62-45(57)33-18-13-12-14-19-33/h12-14,17-20,22,27-32,35,37-38,41-43,46H,11,21,23-26H2,1-10H3,(H,51,58)/t28-,29-,30+,31+,32-,35+,37+,38-,41-,42-,43-,46+,48-,49-/m1/s1. The average Bonchev–Trinajstić information content (AvgIpc) is 3.90. The van der Waals surface area contributed by atoms with Gasteiger partial charge in [0, 0.05) is 48.6 Å². The van der Waals surface area contributed by atoms with Gasteiger partial charge in [0.2, 0.25) is 0 Å². The Balaban J connectivity index is 1.37. The summed E-state index contributed by atoms with van der Waals surface area (Å²) in [5.74, 6) is 0.0927. The van der Waals surface area contributed by atoms with Crippen molar-refractivity contribution in [2.24, 2.45) is 28.8 Å². The van der Waals surface area contributed by atoms with Crippen LogP contribution in [0, 0.1) is 35.5 Å². The first-order valence-corrected chi connectivity index (χ1v) is 22.6. The van der Waals surface area contributed by atoms with Gasteiger partial charge in [0.05, 0.1) is 41.2 Å². The summed E-state index contributed by atoms with van der Waals surface area (Å²) >= 11 is 0. The van der Waals surface area contributed by atoms with E-state index in [2.05, 4.69) is 27.3 Å².